The van der Waals surface area contributed by atoms with Gasteiger partial charge in [0.2, 0.25) is 5.91 Å². The van der Waals surface area contributed by atoms with Gasteiger partial charge in [0.05, 0.1) is 11.0 Å². The molecule has 0 radical (unpaired) electrons. The number of carbonyl (C=O) groups is 2. The molecule has 1 aliphatic rings. The average Bonchev–Trinajstić information content (AvgIpc) is 2.91. The molecule has 2 rings (SSSR count). The minimum absolute atomic E-state index is 0.145. The maximum Gasteiger partial charge on any atom is 0.338 e. The first-order valence-electron chi connectivity index (χ1n) is 6.92. The van der Waals surface area contributed by atoms with E-state index >= 15 is 0 Å². The number of nitrogens with one attached hydrogen (secondary N) is 2. The molecule has 21 heavy (non-hydrogen) atoms. The molecule has 1 amide bonds. The van der Waals surface area contributed by atoms with E-state index in [9.17, 15) is 14.0 Å². The number of carboxylic acids is 1. The molecule has 114 valence electrons. The van der Waals surface area contributed by atoms with Gasteiger partial charge in [-0.05, 0) is 37.1 Å². The van der Waals surface area contributed by atoms with E-state index in [-0.39, 0.29) is 11.8 Å². The molecule has 1 atom stereocenters. The van der Waals surface area contributed by atoms with Crippen molar-refractivity contribution >= 4 is 17.6 Å². The fraction of sp³-hybridized carbons (Fsp3) is 0.467. The van der Waals surface area contributed by atoms with E-state index in [1.165, 1.54) is 6.07 Å². The van der Waals surface area contributed by atoms with Crippen LogP contribution in [0.25, 0.3) is 0 Å². The van der Waals surface area contributed by atoms with Crippen LogP contribution in [0, 0.1) is 17.2 Å². The van der Waals surface area contributed by atoms with Crippen molar-refractivity contribution < 1.29 is 19.1 Å². The van der Waals surface area contributed by atoms with Crippen LogP contribution in [0.1, 0.15) is 30.6 Å². The lowest BCUT2D eigenvalue weighted by Gasteiger charge is -2.31. The molecular weight excluding hydrogens is 275 g/mol. The Hall–Kier alpha value is -1.95. The topological polar surface area (TPSA) is 78.4 Å². The predicted molar refractivity (Wildman–Crippen MR) is 76.7 cm³/mol. The Balaban J connectivity index is 2.23. The molecule has 3 N–H and O–H groups in total. The Bertz CT molecular complexity index is 566. The summed E-state index contributed by atoms with van der Waals surface area (Å²) in [6.07, 6.45) is 0.726. The van der Waals surface area contributed by atoms with E-state index in [0.29, 0.717) is 12.2 Å². The summed E-state index contributed by atoms with van der Waals surface area (Å²) < 4.78 is 13.4. The first-order valence-corrected chi connectivity index (χ1v) is 6.92. The number of halogens is 1. The van der Waals surface area contributed by atoms with Crippen LogP contribution in [0.5, 0.6) is 0 Å². The molecule has 1 aromatic rings. The smallest absolute Gasteiger partial charge is 0.338 e. The Kier molecular flexibility index (Phi) is 4.27. The van der Waals surface area contributed by atoms with Gasteiger partial charge in [0, 0.05) is 12.2 Å². The maximum absolute atomic E-state index is 13.4. The van der Waals surface area contributed by atoms with Crippen molar-refractivity contribution in [3.05, 3.63) is 29.6 Å². The molecule has 1 heterocycles. The van der Waals surface area contributed by atoms with Gasteiger partial charge in [-0.1, -0.05) is 13.8 Å². The number of rotatable bonds is 4. The zero-order valence-corrected chi connectivity index (χ0v) is 12.1. The molecule has 1 fully saturated rings. The Morgan fingerprint density at radius 2 is 2.14 bits per heavy atom. The highest BCUT2D eigenvalue weighted by molar-refractivity contribution is 5.97. The van der Waals surface area contributed by atoms with Gasteiger partial charge in [0.15, 0.2) is 0 Å². The summed E-state index contributed by atoms with van der Waals surface area (Å²) in [4.78, 5) is 23.5. The fourth-order valence-electron chi connectivity index (χ4n) is 2.68. The van der Waals surface area contributed by atoms with Crippen molar-refractivity contribution in [1.82, 2.24) is 5.32 Å². The SMILES string of the molecule is CC(C)C1(C(=O)Nc2ccc(F)c(C(=O)O)c2)CCNC1. The number of hydrogen-bond donors (Lipinski definition) is 3. The number of amides is 1. The lowest BCUT2D eigenvalue weighted by atomic mass is 9.75. The minimum atomic E-state index is -1.36. The van der Waals surface area contributed by atoms with Gasteiger partial charge in [0.25, 0.3) is 0 Å². The van der Waals surface area contributed by atoms with Crippen molar-refractivity contribution in [2.45, 2.75) is 20.3 Å². The largest absolute Gasteiger partial charge is 0.478 e. The van der Waals surface area contributed by atoms with Gasteiger partial charge >= 0.3 is 5.97 Å². The van der Waals surface area contributed by atoms with Crippen LogP contribution in [0.15, 0.2) is 18.2 Å². The van der Waals surface area contributed by atoms with E-state index in [4.69, 9.17) is 5.11 Å². The zero-order chi connectivity index (χ0) is 15.6. The highest BCUT2D eigenvalue weighted by atomic mass is 19.1. The van der Waals surface area contributed by atoms with E-state index in [1.807, 2.05) is 13.8 Å². The van der Waals surface area contributed by atoms with E-state index < -0.39 is 22.8 Å². The second kappa shape index (κ2) is 5.81. The fourth-order valence-corrected chi connectivity index (χ4v) is 2.68. The summed E-state index contributed by atoms with van der Waals surface area (Å²) in [5.41, 5.74) is -0.667. The molecule has 0 aromatic heterocycles. The average molecular weight is 294 g/mol. The van der Waals surface area contributed by atoms with Crippen molar-refractivity contribution in [2.75, 3.05) is 18.4 Å². The number of carbonyl (C=O) groups excluding carboxylic acids is 1. The zero-order valence-electron chi connectivity index (χ0n) is 12.1. The number of anilines is 1. The Morgan fingerprint density at radius 1 is 1.43 bits per heavy atom. The Labute approximate surface area is 122 Å². The van der Waals surface area contributed by atoms with Gasteiger partial charge in [-0.2, -0.15) is 0 Å². The molecule has 1 aliphatic heterocycles. The standard InChI is InChI=1S/C15H19FN2O3/c1-9(2)15(5-6-17-8-15)14(21)18-10-3-4-12(16)11(7-10)13(19)20/h3-4,7,9,17H,5-6,8H2,1-2H3,(H,18,21)(H,19,20). The predicted octanol–water partition coefficient (Wildman–Crippen LogP) is 2.10. The summed E-state index contributed by atoms with van der Waals surface area (Å²) in [5, 5.41) is 14.8. The highest BCUT2D eigenvalue weighted by Gasteiger charge is 2.43. The first kappa shape index (κ1) is 15.4. The van der Waals surface area contributed by atoms with Gasteiger partial charge < -0.3 is 15.7 Å². The quantitative estimate of drug-likeness (QED) is 0.794. The number of carboxylic acid groups (broad SMARTS) is 1. The molecule has 1 unspecified atom stereocenters. The van der Waals surface area contributed by atoms with Gasteiger partial charge in [-0.25, -0.2) is 9.18 Å². The third-order valence-corrected chi connectivity index (χ3v) is 4.20. The van der Waals surface area contributed by atoms with Crippen molar-refractivity contribution in [3.8, 4) is 0 Å². The maximum atomic E-state index is 13.4. The summed E-state index contributed by atoms with van der Waals surface area (Å²) in [6, 6.07) is 3.57. The van der Waals surface area contributed by atoms with Crippen molar-refractivity contribution in [3.63, 3.8) is 0 Å². The lowest BCUT2D eigenvalue weighted by molar-refractivity contribution is -0.126. The second-order valence-corrected chi connectivity index (χ2v) is 5.69. The van der Waals surface area contributed by atoms with Crippen LogP contribution in [-0.2, 0) is 4.79 Å². The van der Waals surface area contributed by atoms with Crippen LogP contribution in [0.4, 0.5) is 10.1 Å². The molecule has 5 nitrogen and oxygen atoms in total. The summed E-state index contributed by atoms with van der Waals surface area (Å²) in [6.45, 7) is 5.33. The third kappa shape index (κ3) is 2.90. The monoisotopic (exact) mass is 294 g/mol. The first-order chi connectivity index (χ1) is 9.86. The molecule has 0 aliphatic carbocycles. The van der Waals surface area contributed by atoms with Crippen LogP contribution in [0.2, 0.25) is 0 Å². The number of benzene rings is 1. The molecule has 1 saturated heterocycles. The number of hydrogen-bond acceptors (Lipinski definition) is 3. The molecule has 0 saturated carbocycles. The van der Waals surface area contributed by atoms with E-state index in [1.54, 1.807) is 0 Å². The Morgan fingerprint density at radius 3 is 2.67 bits per heavy atom. The lowest BCUT2D eigenvalue weighted by Crippen LogP contribution is -2.42. The van der Waals surface area contributed by atoms with Crippen LogP contribution >= 0.6 is 0 Å². The summed E-state index contributed by atoms with van der Waals surface area (Å²) in [5.74, 6) is -2.19. The molecule has 1 aromatic carbocycles. The van der Waals surface area contributed by atoms with Crippen LogP contribution < -0.4 is 10.6 Å². The highest BCUT2D eigenvalue weighted by Crippen LogP contribution is 2.35. The normalized spacial score (nSPS) is 21.5. The van der Waals surface area contributed by atoms with Crippen LogP contribution in [0.3, 0.4) is 0 Å². The molecular formula is C15H19FN2O3. The molecule has 0 bridgehead atoms. The number of aromatic carboxylic acids is 1. The molecule has 0 spiro atoms. The van der Waals surface area contributed by atoms with E-state index in [0.717, 1.165) is 25.1 Å². The van der Waals surface area contributed by atoms with Crippen molar-refractivity contribution in [1.29, 1.82) is 0 Å². The van der Waals surface area contributed by atoms with Gasteiger partial charge in [-0.3, -0.25) is 4.79 Å². The molecule has 6 heteroatoms. The van der Waals surface area contributed by atoms with Gasteiger partial charge in [-0.15, -0.1) is 0 Å². The third-order valence-electron chi connectivity index (χ3n) is 4.20. The second-order valence-electron chi connectivity index (χ2n) is 5.69. The van der Waals surface area contributed by atoms with Crippen LogP contribution in [-0.4, -0.2) is 30.1 Å². The summed E-state index contributed by atoms with van der Waals surface area (Å²) >= 11 is 0. The van der Waals surface area contributed by atoms with E-state index in [2.05, 4.69) is 10.6 Å². The minimum Gasteiger partial charge on any atom is -0.478 e. The summed E-state index contributed by atoms with van der Waals surface area (Å²) in [7, 11) is 0. The van der Waals surface area contributed by atoms with Gasteiger partial charge in [0.1, 0.15) is 5.82 Å². The van der Waals surface area contributed by atoms with Crippen molar-refractivity contribution in [2.24, 2.45) is 11.3 Å².